The predicted molar refractivity (Wildman–Crippen MR) is 108 cm³/mol. The van der Waals surface area contributed by atoms with Gasteiger partial charge < -0.3 is 19.9 Å². The number of alkyl halides is 3. The molecule has 2 aromatic heterocycles. The summed E-state index contributed by atoms with van der Waals surface area (Å²) in [6.07, 6.45) is 0.673. The summed E-state index contributed by atoms with van der Waals surface area (Å²) in [5.41, 5.74) is 0.175. The van der Waals surface area contributed by atoms with Crippen LogP contribution in [0, 0.1) is 0 Å². The van der Waals surface area contributed by atoms with E-state index in [1.54, 1.807) is 0 Å². The quantitative estimate of drug-likeness (QED) is 0.267. The van der Waals surface area contributed by atoms with Gasteiger partial charge in [-0.05, 0) is 30.7 Å². The number of guanidine groups is 1. The number of rotatable bonds is 7. The van der Waals surface area contributed by atoms with E-state index < -0.39 is 17.6 Å². The highest BCUT2D eigenvalue weighted by Crippen LogP contribution is 2.34. The standard InChI is InChI=1S/C17H22F3N5O.HI/c1-3-21-16(24-11-13-6-9-25(2)12-13)23-8-10-26-15-14(17(18,19)20)5-4-7-22-15;/h4-7,9,12H,3,8,10-11H2,1-2H3,(H2,21,23,24);1H. The fourth-order valence-corrected chi connectivity index (χ4v) is 2.21. The SMILES string of the molecule is CCNC(=NCc1ccn(C)c1)NCCOc1ncccc1C(F)(F)F.I. The third-order valence-electron chi connectivity index (χ3n) is 3.37. The number of hydrogen-bond donors (Lipinski definition) is 2. The Morgan fingerprint density at radius 2 is 2.07 bits per heavy atom. The summed E-state index contributed by atoms with van der Waals surface area (Å²) >= 11 is 0. The molecule has 0 saturated heterocycles. The summed E-state index contributed by atoms with van der Waals surface area (Å²) < 4.78 is 45.8. The Bertz CT molecular complexity index is 733. The van der Waals surface area contributed by atoms with Crippen molar-refractivity contribution in [3.8, 4) is 5.88 Å². The summed E-state index contributed by atoms with van der Waals surface area (Å²) in [5, 5.41) is 6.10. The van der Waals surface area contributed by atoms with E-state index in [-0.39, 0.29) is 37.1 Å². The van der Waals surface area contributed by atoms with Gasteiger partial charge in [0.15, 0.2) is 5.96 Å². The van der Waals surface area contributed by atoms with Crippen LogP contribution >= 0.6 is 24.0 Å². The number of aromatic nitrogens is 2. The molecule has 0 saturated carbocycles. The Balaban J connectivity index is 0.00000364. The van der Waals surface area contributed by atoms with Gasteiger partial charge in [-0.3, -0.25) is 0 Å². The minimum absolute atomic E-state index is 0. The molecule has 0 bridgehead atoms. The Labute approximate surface area is 173 Å². The maximum atomic E-state index is 12.9. The minimum atomic E-state index is -4.50. The number of nitrogens with zero attached hydrogens (tertiary/aromatic N) is 3. The van der Waals surface area contributed by atoms with Crippen LogP contribution in [0.1, 0.15) is 18.1 Å². The van der Waals surface area contributed by atoms with Crippen LogP contribution in [0.15, 0.2) is 41.8 Å². The summed E-state index contributed by atoms with van der Waals surface area (Å²) in [6, 6.07) is 4.14. The van der Waals surface area contributed by atoms with Gasteiger partial charge in [0.1, 0.15) is 12.2 Å². The molecule has 0 amide bonds. The average molecular weight is 497 g/mol. The highest BCUT2D eigenvalue weighted by Gasteiger charge is 2.34. The lowest BCUT2D eigenvalue weighted by atomic mass is 10.2. The summed E-state index contributed by atoms with van der Waals surface area (Å²) in [6.45, 7) is 3.40. The zero-order valence-electron chi connectivity index (χ0n) is 15.1. The molecule has 2 aromatic rings. The minimum Gasteiger partial charge on any atom is -0.475 e. The number of aliphatic imine (C=N–C) groups is 1. The molecule has 6 nitrogen and oxygen atoms in total. The first-order chi connectivity index (χ1) is 12.4. The van der Waals surface area contributed by atoms with E-state index >= 15 is 0 Å². The largest absolute Gasteiger partial charge is 0.475 e. The first-order valence-electron chi connectivity index (χ1n) is 8.18. The smallest absolute Gasteiger partial charge is 0.421 e. The molecule has 0 aliphatic heterocycles. The van der Waals surface area contributed by atoms with Crippen molar-refractivity contribution in [2.45, 2.75) is 19.6 Å². The van der Waals surface area contributed by atoms with Crippen LogP contribution in [0.2, 0.25) is 0 Å². The van der Waals surface area contributed by atoms with E-state index in [0.29, 0.717) is 19.0 Å². The molecule has 150 valence electrons. The molecule has 2 N–H and O–H groups in total. The normalized spacial score (nSPS) is 11.7. The van der Waals surface area contributed by atoms with Gasteiger partial charge in [0.25, 0.3) is 0 Å². The van der Waals surface area contributed by atoms with Gasteiger partial charge >= 0.3 is 6.18 Å². The zero-order valence-corrected chi connectivity index (χ0v) is 17.4. The fourth-order valence-electron chi connectivity index (χ4n) is 2.21. The summed E-state index contributed by atoms with van der Waals surface area (Å²) in [4.78, 5) is 8.09. The van der Waals surface area contributed by atoms with Crippen LogP contribution < -0.4 is 15.4 Å². The van der Waals surface area contributed by atoms with Crippen molar-refractivity contribution in [3.05, 3.63) is 47.9 Å². The van der Waals surface area contributed by atoms with Crippen LogP contribution in [0.5, 0.6) is 5.88 Å². The molecule has 0 aliphatic carbocycles. The first-order valence-corrected chi connectivity index (χ1v) is 8.18. The fraction of sp³-hybridized carbons (Fsp3) is 0.412. The van der Waals surface area contributed by atoms with Gasteiger partial charge in [0.2, 0.25) is 5.88 Å². The van der Waals surface area contributed by atoms with Crippen molar-refractivity contribution in [2.75, 3.05) is 19.7 Å². The highest BCUT2D eigenvalue weighted by atomic mass is 127. The maximum absolute atomic E-state index is 12.9. The Morgan fingerprint density at radius 1 is 1.30 bits per heavy atom. The first kappa shape index (κ1) is 23.1. The molecule has 0 aliphatic rings. The second-order valence-electron chi connectivity index (χ2n) is 5.51. The lowest BCUT2D eigenvalue weighted by molar-refractivity contribution is -0.139. The number of ether oxygens (including phenoxy) is 1. The molecule has 0 unspecified atom stereocenters. The topological polar surface area (TPSA) is 63.5 Å². The molecular formula is C17H23F3IN5O. The monoisotopic (exact) mass is 497 g/mol. The number of aryl methyl sites for hydroxylation is 1. The van der Waals surface area contributed by atoms with E-state index in [1.165, 1.54) is 12.3 Å². The number of hydrogen-bond acceptors (Lipinski definition) is 3. The van der Waals surface area contributed by atoms with Crippen molar-refractivity contribution >= 4 is 29.9 Å². The van der Waals surface area contributed by atoms with Gasteiger partial charge in [0, 0.05) is 32.2 Å². The Hall–Kier alpha value is -1.98. The summed E-state index contributed by atoms with van der Waals surface area (Å²) in [5.74, 6) is 0.144. The van der Waals surface area contributed by atoms with Crippen molar-refractivity contribution in [1.29, 1.82) is 0 Å². The molecule has 27 heavy (non-hydrogen) atoms. The van der Waals surface area contributed by atoms with Crippen LogP contribution in [0.3, 0.4) is 0 Å². The molecule has 0 fully saturated rings. The van der Waals surface area contributed by atoms with Crippen LogP contribution in [0.4, 0.5) is 13.2 Å². The lowest BCUT2D eigenvalue weighted by Gasteiger charge is -2.14. The summed E-state index contributed by atoms with van der Waals surface area (Å²) in [7, 11) is 1.93. The molecule has 0 aromatic carbocycles. The maximum Gasteiger partial charge on any atom is 0.421 e. The molecular weight excluding hydrogens is 474 g/mol. The van der Waals surface area contributed by atoms with Crippen LogP contribution in [-0.2, 0) is 19.8 Å². The van der Waals surface area contributed by atoms with Gasteiger partial charge in [-0.15, -0.1) is 24.0 Å². The second kappa shape index (κ2) is 11.0. The molecule has 2 heterocycles. The third kappa shape index (κ3) is 7.65. The van der Waals surface area contributed by atoms with Crippen LogP contribution in [0.25, 0.3) is 0 Å². The average Bonchev–Trinajstić information content (AvgIpc) is 3.01. The van der Waals surface area contributed by atoms with Gasteiger partial charge in [-0.2, -0.15) is 13.2 Å². The molecule has 0 radical (unpaired) electrons. The van der Waals surface area contributed by atoms with Crippen molar-refractivity contribution in [2.24, 2.45) is 12.0 Å². The van der Waals surface area contributed by atoms with Crippen LogP contribution in [-0.4, -0.2) is 35.2 Å². The van der Waals surface area contributed by atoms with Crippen molar-refractivity contribution < 1.29 is 17.9 Å². The van der Waals surface area contributed by atoms with Gasteiger partial charge in [0.05, 0.1) is 13.1 Å². The molecule has 10 heteroatoms. The van der Waals surface area contributed by atoms with E-state index in [2.05, 4.69) is 20.6 Å². The lowest BCUT2D eigenvalue weighted by Crippen LogP contribution is -2.39. The number of pyridine rings is 1. The second-order valence-corrected chi connectivity index (χ2v) is 5.51. The van der Waals surface area contributed by atoms with Gasteiger partial charge in [-0.1, -0.05) is 0 Å². The predicted octanol–water partition coefficient (Wildman–Crippen LogP) is 3.19. The number of halogens is 4. The molecule has 0 spiro atoms. The van der Waals surface area contributed by atoms with E-state index in [4.69, 9.17) is 4.74 Å². The zero-order chi connectivity index (χ0) is 19.0. The third-order valence-corrected chi connectivity index (χ3v) is 3.37. The molecule has 0 atom stereocenters. The van der Waals surface area contributed by atoms with Gasteiger partial charge in [-0.25, -0.2) is 9.98 Å². The van der Waals surface area contributed by atoms with Crippen molar-refractivity contribution in [1.82, 2.24) is 20.2 Å². The highest BCUT2D eigenvalue weighted by molar-refractivity contribution is 14.0. The number of nitrogens with one attached hydrogen (secondary N) is 2. The van der Waals surface area contributed by atoms with Crippen molar-refractivity contribution in [3.63, 3.8) is 0 Å². The molecule has 2 rings (SSSR count). The van der Waals surface area contributed by atoms with E-state index in [9.17, 15) is 13.2 Å². The van der Waals surface area contributed by atoms with E-state index in [0.717, 1.165) is 11.6 Å². The Kier molecular flexibility index (Phi) is 9.39. The Morgan fingerprint density at radius 3 is 2.70 bits per heavy atom. The van der Waals surface area contributed by atoms with E-state index in [1.807, 2.05) is 37.0 Å².